The number of carbonyl (C=O) groups is 1. The summed E-state index contributed by atoms with van der Waals surface area (Å²) in [6.45, 7) is 5.73. The van der Waals surface area contributed by atoms with Crippen molar-refractivity contribution in [1.29, 1.82) is 0 Å². The summed E-state index contributed by atoms with van der Waals surface area (Å²) in [6, 6.07) is 12.3. The molecule has 0 saturated heterocycles. The number of aryl methyl sites for hydroxylation is 1. The summed E-state index contributed by atoms with van der Waals surface area (Å²) in [5, 5.41) is 9.69. The SMILES string of the molecule is Cc1cc(Nc2cc(C(=O)Nc3ccc(OC(C)C)cc3)ccn2)no1. The van der Waals surface area contributed by atoms with Gasteiger partial charge in [-0.05, 0) is 57.2 Å². The average molecular weight is 352 g/mol. The molecule has 7 heteroatoms. The van der Waals surface area contributed by atoms with E-state index in [4.69, 9.17) is 9.26 Å². The highest BCUT2D eigenvalue weighted by molar-refractivity contribution is 6.04. The van der Waals surface area contributed by atoms with Crippen molar-refractivity contribution in [2.45, 2.75) is 26.9 Å². The summed E-state index contributed by atoms with van der Waals surface area (Å²) < 4.78 is 10.6. The lowest BCUT2D eigenvalue weighted by Crippen LogP contribution is -2.12. The van der Waals surface area contributed by atoms with Crippen LogP contribution < -0.4 is 15.4 Å². The van der Waals surface area contributed by atoms with Crippen LogP contribution in [-0.2, 0) is 0 Å². The molecule has 2 aromatic heterocycles. The Morgan fingerprint density at radius 2 is 1.88 bits per heavy atom. The Bertz CT molecular complexity index is 888. The van der Waals surface area contributed by atoms with Gasteiger partial charge in [0, 0.05) is 23.5 Å². The van der Waals surface area contributed by atoms with Crippen molar-refractivity contribution in [1.82, 2.24) is 10.1 Å². The first-order valence-electron chi connectivity index (χ1n) is 8.24. The lowest BCUT2D eigenvalue weighted by atomic mass is 10.2. The van der Waals surface area contributed by atoms with E-state index < -0.39 is 0 Å². The Hall–Kier alpha value is -3.35. The van der Waals surface area contributed by atoms with E-state index in [1.165, 1.54) is 0 Å². The van der Waals surface area contributed by atoms with Crippen molar-refractivity contribution in [3.63, 3.8) is 0 Å². The zero-order valence-corrected chi connectivity index (χ0v) is 14.8. The molecule has 0 radical (unpaired) electrons. The number of amides is 1. The zero-order chi connectivity index (χ0) is 18.5. The van der Waals surface area contributed by atoms with E-state index in [2.05, 4.69) is 20.8 Å². The van der Waals surface area contributed by atoms with Gasteiger partial charge in [0.1, 0.15) is 17.3 Å². The molecule has 0 fully saturated rings. The number of aromatic nitrogens is 2. The van der Waals surface area contributed by atoms with Crippen LogP contribution in [0, 0.1) is 6.92 Å². The molecule has 1 aromatic carbocycles. The van der Waals surface area contributed by atoms with Crippen LogP contribution in [0.15, 0.2) is 53.2 Å². The molecule has 2 N–H and O–H groups in total. The van der Waals surface area contributed by atoms with Crippen molar-refractivity contribution in [2.24, 2.45) is 0 Å². The third kappa shape index (κ3) is 4.60. The van der Waals surface area contributed by atoms with Gasteiger partial charge in [0.05, 0.1) is 6.10 Å². The van der Waals surface area contributed by atoms with Gasteiger partial charge in [-0.15, -0.1) is 0 Å². The van der Waals surface area contributed by atoms with Gasteiger partial charge in [0.2, 0.25) is 0 Å². The molecule has 0 saturated carbocycles. The summed E-state index contributed by atoms with van der Waals surface area (Å²) in [5.41, 5.74) is 1.16. The standard InChI is InChI=1S/C19H20N4O3/c1-12(2)25-16-6-4-15(5-7-16)21-19(24)14-8-9-20-17(11-14)22-18-10-13(3)26-23-18/h4-12H,1-3H3,(H,21,24)(H,20,22,23). The predicted molar refractivity (Wildman–Crippen MR) is 98.9 cm³/mol. The van der Waals surface area contributed by atoms with E-state index in [1.807, 2.05) is 26.0 Å². The van der Waals surface area contributed by atoms with E-state index in [0.717, 1.165) is 5.75 Å². The zero-order valence-electron chi connectivity index (χ0n) is 14.8. The minimum absolute atomic E-state index is 0.103. The van der Waals surface area contributed by atoms with Crippen molar-refractivity contribution in [2.75, 3.05) is 10.6 Å². The molecule has 26 heavy (non-hydrogen) atoms. The van der Waals surface area contributed by atoms with Gasteiger partial charge in [0.25, 0.3) is 5.91 Å². The van der Waals surface area contributed by atoms with Gasteiger partial charge in [-0.2, -0.15) is 0 Å². The van der Waals surface area contributed by atoms with Crippen molar-refractivity contribution < 1.29 is 14.1 Å². The number of hydrogen-bond donors (Lipinski definition) is 2. The highest BCUT2D eigenvalue weighted by atomic mass is 16.5. The molecule has 2 heterocycles. The normalized spacial score (nSPS) is 10.6. The van der Waals surface area contributed by atoms with Crippen molar-refractivity contribution >= 4 is 23.2 Å². The van der Waals surface area contributed by atoms with Gasteiger partial charge in [-0.3, -0.25) is 4.79 Å². The third-order valence-electron chi connectivity index (χ3n) is 3.39. The maximum atomic E-state index is 12.5. The number of benzene rings is 1. The van der Waals surface area contributed by atoms with Gasteiger partial charge in [0.15, 0.2) is 5.82 Å². The predicted octanol–water partition coefficient (Wildman–Crippen LogP) is 4.16. The Kier molecular flexibility index (Phi) is 5.17. The first kappa shape index (κ1) is 17.5. The van der Waals surface area contributed by atoms with Gasteiger partial charge < -0.3 is 19.9 Å². The fraction of sp³-hybridized carbons (Fsp3) is 0.211. The molecule has 134 valence electrons. The van der Waals surface area contributed by atoms with Crippen LogP contribution in [0.3, 0.4) is 0 Å². The lowest BCUT2D eigenvalue weighted by Gasteiger charge is -2.11. The number of hydrogen-bond acceptors (Lipinski definition) is 6. The molecule has 7 nitrogen and oxygen atoms in total. The molecule has 0 spiro atoms. The molecule has 0 atom stereocenters. The number of nitrogens with zero attached hydrogens (tertiary/aromatic N) is 2. The van der Waals surface area contributed by atoms with Crippen molar-refractivity contribution in [3.8, 4) is 5.75 Å². The Morgan fingerprint density at radius 1 is 1.12 bits per heavy atom. The van der Waals surface area contributed by atoms with E-state index in [1.54, 1.807) is 43.5 Å². The molecule has 0 aliphatic carbocycles. The fourth-order valence-corrected chi connectivity index (χ4v) is 2.29. The molecule has 1 amide bonds. The summed E-state index contributed by atoms with van der Waals surface area (Å²) in [5.74, 6) is 2.26. The highest BCUT2D eigenvalue weighted by Crippen LogP contribution is 2.19. The number of nitrogens with one attached hydrogen (secondary N) is 2. The topological polar surface area (TPSA) is 89.3 Å². The monoisotopic (exact) mass is 352 g/mol. The first-order chi connectivity index (χ1) is 12.5. The Morgan fingerprint density at radius 3 is 2.54 bits per heavy atom. The number of carbonyl (C=O) groups excluding carboxylic acids is 1. The summed E-state index contributed by atoms with van der Waals surface area (Å²) >= 11 is 0. The molecule has 0 bridgehead atoms. The smallest absolute Gasteiger partial charge is 0.255 e. The second-order valence-electron chi connectivity index (χ2n) is 6.02. The van der Waals surface area contributed by atoms with Crippen LogP contribution >= 0.6 is 0 Å². The van der Waals surface area contributed by atoms with E-state index in [9.17, 15) is 4.79 Å². The van der Waals surface area contributed by atoms with E-state index in [-0.39, 0.29) is 12.0 Å². The second-order valence-corrected chi connectivity index (χ2v) is 6.02. The van der Waals surface area contributed by atoms with Crippen molar-refractivity contribution in [3.05, 3.63) is 60.0 Å². The maximum Gasteiger partial charge on any atom is 0.255 e. The van der Waals surface area contributed by atoms with Gasteiger partial charge >= 0.3 is 0 Å². The Labute approximate surface area is 151 Å². The van der Waals surface area contributed by atoms with Gasteiger partial charge in [-0.1, -0.05) is 5.16 Å². The third-order valence-corrected chi connectivity index (χ3v) is 3.39. The molecule has 0 unspecified atom stereocenters. The maximum absolute atomic E-state index is 12.5. The van der Waals surface area contributed by atoms with E-state index >= 15 is 0 Å². The average Bonchev–Trinajstić information content (AvgIpc) is 3.01. The number of rotatable bonds is 6. The molecule has 0 aliphatic rings. The fourth-order valence-electron chi connectivity index (χ4n) is 2.29. The molecule has 3 aromatic rings. The Balaban J connectivity index is 1.66. The summed E-state index contributed by atoms with van der Waals surface area (Å²) in [4.78, 5) is 16.6. The summed E-state index contributed by atoms with van der Waals surface area (Å²) in [6.07, 6.45) is 1.66. The minimum atomic E-state index is -0.232. The molecular weight excluding hydrogens is 332 g/mol. The second kappa shape index (κ2) is 7.69. The summed E-state index contributed by atoms with van der Waals surface area (Å²) in [7, 11) is 0. The number of anilines is 3. The molecule has 0 aliphatic heterocycles. The molecular formula is C19H20N4O3. The van der Waals surface area contributed by atoms with Crippen LogP contribution in [0.4, 0.5) is 17.3 Å². The number of ether oxygens (including phenoxy) is 1. The van der Waals surface area contributed by atoms with Crippen LogP contribution in [0.1, 0.15) is 30.0 Å². The minimum Gasteiger partial charge on any atom is -0.491 e. The largest absolute Gasteiger partial charge is 0.491 e. The molecule has 3 rings (SSSR count). The van der Waals surface area contributed by atoms with Crippen LogP contribution in [-0.4, -0.2) is 22.2 Å². The highest BCUT2D eigenvalue weighted by Gasteiger charge is 2.09. The number of pyridine rings is 1. The lowest BCUT2D eigenvalue weighted by molar-refractivity contribution is 0.102. The van der Waals surface area contributed by atoms with Crippen LogP contribution in [0.25, 0.3) is 0 Å². The first-order valence-corrected chi connectivity index (χ1v) is 8.24. The van der Waals surface area contributed by atoms with E-state index in [0.29, 0.717) is 28.6 Å². The van der Waals surface area contributed by atoms with Gasteiger partial charge in [-0.25, -0.2) is 4.98 Å². The quantitative estimate of drug-likeness (QED) is 0.692. The van der Waals surface area contributed by atoms with Crippen LogP contribution in [0.2, 0.25) is 0 Å². The van der Waals surface area contributed by atoms with Crippen LogP contribution in [0.5, 0.6) is 5.75 Å².